The summed E-state index contributed by atoms with van der Waals surface area (Å²) in [5, 5.41) is 3.53. The van der Waals surface area contributed by atoms with Gasteiger partial charge in [-0.15, -0.1) is 0 Å². The van der Waals surface area contributed by atoms with E-state index in [-0.39, 0.29) is 0 Å². The minimum Gasteiger partial charge on any atom is -0.494 e. The van der Waals surface area contributed by atoms with Gasteiger partial charge in [0.25, 0.3) is 0 Å². The predicted molar refractivity (Wildman–Crippen MR) is 101 cm³/mol. The number of piperidine rings is 1. The van der Waals surface area contributed by atoms with Crippen molar-refractivity contribution < 1.29 is 4.74 Å². The highest BCUT2D eigenvalue weighted by Crippen LogP contribution is 2.23. The van der Waals surface area contributed by atoms with Crippen LogP contribution in [0.5, 0.6) is 5.75 Å². The van der Waals surface area contributed by atoms with Gasteiger partial charge in [-0.1, -0.05) is 6.42 Å². The molecule has 0 aliphatic carbocycles. The Morgan fingerprint density at radius 3 is 2.58 bits per heavy atom. The van der Waals surface area contributed by atoms with Crippen molar-refractivity contribution in [1.82, 2.24) is 10.2 Å². The molecule has 4 nitrogen and oxygen atoms in total. The Labute approximate surface area is 147 Å². The van der Waals surface area contributed by atoms with E-state index in [1.54, 1.807) is 0 Å². The average molecular weight is 332 g/mol. The molecule has 2 aliphatic heterocycles. The van der Waals surface area contributed by atoms with Gasteiger partial charge in [0.2, 0.25) is 0 Å². The molecule has 0 aromatic heterocycles. The summed E-state index contributed by atoms with van der Waals surface area (Å²) in [6.07, 6.45) is 5.26. The molecule has 3 rings (SSSR count). The molecule has 1 aromatic carbocycles. The van der Waals surface area contributed by atoms with E-state index >= 15 is 0 Å². The number of anilines is 1. The van der Waals surface area contributed by atoms with Crippen LogP contribution in [-0.4, -0.2) is 56.3 Å². The first-order valence-electron chi connectivity index (χ1n) is 9.67. The zero-order valence-electron chi connectivity index (χ0n) is 15.3. The highest BCUT2D eigenvalue weighted by Gasteiger charge is 2.22. The molecule has 0 bridgehead atoms. The fraction of sp³-hybridized carbons (Fsp3) is 0.700. The molecule has 1 aromatic rings. The Balaban J connectivity index is 1.42. The molecule has 0 amide bonds. The number of nitrogens with zero attached hydrogens (tertiary/aromatic N) is 2. The lowest BCUT2D eigenvalue weighted by Gasteiger charge is -2.39. The summed E-state index contributed by atoms with van der Waals surface area (Å²) in [5.41, 5.74) is 1.30. The van der Waals surface area contributed by atoms with Crippen molar-refractivity contribution in [3.8, 4) is 5.75 Å². The van der Waals surface area contributed by atoms with Crippen LogP contribution in [0.25, 0.3) is 0 Å². The van der Waals surface area contributed by atoms with Gasteiger partial charge in [0.05, 0.1) is 6.61 Å². The largest absolute Gasteiger partial charge is 0.494 e. The second kappa shape index (κ2) is 8.72. The van der Waals surface area contributed by atoms with E-state index in [1.165, 1.54) is 44.6 Å². The number of hydrogen-bond acceptors (Lipinski definition) is 4. The number of likely N-dealkylation sites (tertiary alicyclic amines) is 1. The normalized spacial score (nSPS) is 25.7. The maximum absolute atomic E-state index is 5.93. The molecule has 4 heteroatoms. The number of benzene rings is 1. The van der Waals surface area contributed by atoms with Crippen LogP contribution in [0.4, 0.5) is 5.69 Å². The van der Waals surface area contributed by atoms with Crippen LogP contribution < -0.4 is 15.0 Å². The number of ether oxygens (including phenoxy) is 1. The lowest BCUT2D eigenvalue weighted by atomic mass is 10.1. The zero-order chi connectivity index (χ0) is 16.8. The van der Waals surface area contributed by atoms with E-state index in [0.717, 1.165) is 31.9 Å². The third-order valence-electron chi connectivity index (χ3n) is 5.27. The van der Waals surface area contributed by atoms with Crippen LogP contribution in [0.1, 0.15) is 39.5 Å². The first-order chi connectivity index (χ1) is 11.7. The summed E-state index contributed by atoms with van der Waals surface area (Å²) < 4.78 is 5.93. The molecule has 2 heterocycles. The van der Waals surface area contributed by atoms with Crippen LogP contribution in [0.3, 0.4) is 0 Å². The highest BCUT2D eigenvalue weighted by atomic mass is 16.5. The van der Waals surface area contributed by atoms with Crippen LogP contribution in [-0.2, 0) is 0 Å². The molecule has 2 fully saturated rings. The monoisotopic (exact) mass is 331 g/mol. The van der Waals surface area contributed by atoms with Crippen molar-refractivity contribution >= 4 is 5.69 Å². The van der Waals surface area contributed by atoms with Crippen molar-refractivity contribution in [2.45, 2.75) is 51.6 Å². The van der Waals surface area contributed by atoms with Crippen LogP contribution in [0.2, 0.25) is 0 Å². The maximum Gasteiger partial charge on any atom is 0.119 e. The molecule has 24 heavy (non-hydrogen) atoms. The van der Waals surface area contributed by atoms with Crippen molar-refractivity contribution in [3.63, 3.8) is 0 Å². The summed E-state index contributed by atoms with van der Waals surface area (Å²) in [5.74, 6) is 0.994. The second-order valence-electron chi connectivity index (χ2n) is 7.41. The predicted octanol–water partition coefficient (Wildman–Crippen LogP) is 3.13. The molecular weight excluding hydrogens is 298 g/mol. The zero-order valence-corrected chi connectivity index (χ0v) is 15.3. The summed E-state index contributed by atoms with van der Waals surface area (Å²) in [6, 6.07) is 9.73. The summed E-state index contributed by atoms with van der Waals surface area (Å²) in [7, 11) is 0. The Morgan fingerprint density at radius 1 is 1.08 bits per heavy atom. The first kappa shape index (κ1) is 17.6. The van der Waals surface area contributed by atoms with Gasteiger partial charge in [-0.3, -0.25) is 0 Å². The van der Waals surface area contributed by atoms with Crippen molar-refractivity contribution in [1.29, 1.82) is 0 Å². The molecule has 2 atom stereocenters. The molecular formula is C20H33N3O. The molecule has 2 aliphatic rings. The summed E-state index contributed by atoms with van der Waals surface area (Å²) >= 11 is 0. The van der Waals surface area contributed by atoms with Crippen molar-refractivity contribution in [2.75, 3.05) is 44.2 Å². The topological polar surface area (TPSA) is 27.7 Å². The fourth-order valence-electron chi connectivity index (χ4n) is 3.78. The van der Waals surface area contributed by atoms with Crippen LogP contribution in [0, 0.1) is 0 Å². The second-order valence-corrected chi connectivity index (χ2v) is 7.41. The van der Waals surface area contributed by atoms with Gasteiger partial charge in [-0.25, -0.2) is 0 Å². The van der Waals surface area contributed by atoms with Gasteiger partial charge in [0.15, 0.2) is 0 Å². The maximum atomic E-state index is 5.93. The lowest BCUT2D eigenvalue weighted by molar-refractivity contribution is 0.205. The van der Waals surface area contributed by atoms with E-state index in [2.05, 4.69) is 53.2 Å². The molecule has 0 radical (unpaired) electrons. The van der Waals surface area contributed by atoms with Gasteiger partial charge in [-0.05, 0) is 70.5 Å². The third-order valence-corrected chi connectivity index (χ3v) is 5.27. The molecule has 1 N–H and O–H groups in total. The Hall–Kier alpha value is -1.26. The summed E-state index contributed by atoms with van der Waals surface area (Å²) in [6.45, 7) is 11.2. The standard InChI is InChI=1S/C20H33N3O/c1-17-16-23(18(2)15-21-17)19-7-9-20(10-8-19)24-14-6-13-22-11-4-3-5-12-22/h7-10,17-18,21H,3-6,11-16H2,1-2H3/t17-,18-/m1/s1. The molecule has 2 saturated heterocycles. The van der Waals surface area contributed by atoms with Crippen LogP contribution >= 0.6 is 0 Å². The number of piperazine rings is 1. The fourth-order valence-corrected chi connectivity index (χ4v) is 3.78. The Kier molecular flexibility index (Phi) is 6.38. The van der Waals surface area contributed by atoms with Gasteiger partial charge in [-0.2, -0.15) is 0 Å². The average Bonchev–Trinajstić information content (AvgIpc) is 2.62. The van der Waals surface area contributed by atoms with E-state index in [9.17, 15) is 0 Å². The molecule has 0 saturated carbocycles. The van der Waals surface area contributed by atoms with E-state index in [0.29, 0.717) is 12.1 Å². The van der Waals surface area contributed by atoms with Crippen molar-refractivity contribution in [3.05, 3.63) is 24.3 Å². The Morgan fingerprint density at radius 2 is 1.83 bits per heavy atom. The minimum absolute atomic E-state index is 0.539. The van der Waals surface area contributed by atoms with Gasteiger partial charge < -0.3 is 19.9 Å². The Bertz CT molecular complexity index is 484. The molecule has 0 unspecified atom stereocenters. The number of hydrogen-bond donors (Lipinski definition) is 1. The lowest BCUT2D eigenvalue weighted by Crippen LogP contribution is -2.54. The number of nitrogens with one attached hydrogen (secondary N) is 1. The van der Waals surface area contributed by atoms with Gasteiger partial charge >= 0.3 is 0 Å². The highest BCUT2D eigenvalue weighted by molar-refractivity contribution is 5.50. The SMILES string of the molecule is C[C@@H]1CN(c2ccc(OCCCN3CCCCC3)cc2)[C@H](C)CN1. The third kappa shape index (κ3) is 4.87. The molecule has 0 spiro atoms. The van der Waals surface area contributed by atoms with E-state index in [1.807, 2.05) is 0 Å². The van der Waals surface area contributed by atoms with Gasteiger partial charge in [0.1, 0.15) is 5.75 Å². The number of rotatable bonds is 6. The summed E-state index contributed by atoms with van der Waals surface area (Å²) in [4.78, 5) is 5.06. The van der Waals surface area contributed by atoms with E-state index in [4.69, 9.17) is 4.74 Å². The van der Waals surface area contributed by atoms with Crippen LogP contribution in [0.15, 0.2) is 24.3 Å². The molecule has 134 valence electrons. The first-order valence-corrected chi connectivity index (χ1v) is 9.67. The van der Waals surface area contributed by atoms with E-state index < -0.39 is 0 Å². The smallest absolute Gasteiger partial charge is 0.119 e. The van der Waals surface area contributed by atoms with Gasteiger partial charge in [0, 0.05) is 37.4 Å². The van der Waals surface area contributed by atoms with Crippen molar-refractivity contribution in [2.24, 2.45) is 0 Å². The minimum atomic E-state index is 0.539. The quantitative estimate of drug-likeness (QED) is 0.811.